The molecule has 2 N–H and O–H groups in total. The normalized spacial score (nSPS) is 11.9. The minimum atomic E-state index is 0.409. The average Bonchev–Trinajstić information content (AvgIpc) is 2.25. The predicted octanol–water partition coefficient (Wildman–Crippen LogP) is 1.77. The van der Waals surface area contributed by atoms with E-state index in [9.17, 15) is 0 Å². The van der Waals surface area contributed by atoms with Crippen molar-refractivity contribution in [3.63, 3.8) is 0 Å². The number of unbranched alkanes of at least 4 members (excludes halogenated alkanes) is 1. The summed E-state index contributed by atoms with van der Waals surface area (Å²) < 4.78 is 5.47. The highest BCUT2D eigenvalue weighted by Crippen LogP contribution is 1.89. The standard InChI is InChI=1S/C12H27N3O/c1-5-6-9-16-10-7-8-14-12(13-4)15-11(2)3/h11H,5-10H2,1-4H3,(H2,13,14,15). The van der Waals surface area contributed by atoms with E-state index in [1.807, 2.05) is 0 Å². The van der Waals surface area contributed by atoms with Crippen molar-refractivity contribution < 1.29 is 4.74 Å². The molecule has 96 valence electrons. The topological polar surface area (TPSA) is 45.6 Å². The Labute approximate surface area is 99.9 Å². The molecule has 0 aromatic rings. The summed E-state index contributed by atoms with van der Waals surface area (Å²) in [6.07, 6.45) is 3.37. The first kappa shape index (κ1) is 15.2. The smallest absolute Gasteiger partial charge is 0.191 e. The van der Waals surface area contributed by atoms with Gasteiger partial charge >= 0.3 is 0 Å². The highest BCUT2D eigenvalue weighted by molar-refractivity contribution is 5.79. The Kier molecular flexibility index (Phi) is 10.2. The van der Waals surface area contributed by atoms with Crippen LogP contribution in [-0.4, -0.2) is 38.8 Å². The van der Waals surface area contributed by atoms with E-state index < -0.39 is 0 Å². The van der Waals surface area contributed by atoms with E-state index in [-0.39, 0.29) is 0 Å². The van der Waals surface area contributed by atoms with Gasteiger partial charge in [-0.25, -0.2) is 0 Å². The minimum absolute atomic E-state index is 0.409. The lowest BCUT2D eigenvalue weighted by Crippen LogP contribution is -2.41. The van der Waals surface area contributed by atoms with Gasteiger partial charge in [0, 0.05) is 32.8 Å². The molecule has 0 amide bonds. The summed E-state index contributed by atoms with van der Waals surface area (Å²) in [5.41, 5.74) is 0. The maximum atomic E-state index is 5.47. The summed E-state index contributed by atoms with van der Waals surface area (Å²) in [7, 11) is 1.79. The van der Waals surface area contributed by atoms with Crippen LogP contribution in [0.4, 0.5) is 0 Å². The molecular weight excluding hydrogens is 202 g/mol. The van der Waals surface area contributed by atoms with Gasteiger partial charge in [-0.05, 0) is 26.7 Å². The van der Waals surface area contributed by atoms with Gasteiger partial charge in [0.25, 0.3) is 0 Å². The lowest BCUT2D eigenvalue weighted by Gasteiger charge is -2.14. The molecule has 16 heavy (non-hydrogen) atoms. The molecule has 0 saturated heterocycles. The van der Waals surface area contributed by atoms with Gasteiger partial charge in [-0.3, -0.25) is 4.99 Å². The molecule has 0 aliphatic rings. The van der Waals surface area contributed by atoms with Crippen molar-refractivity contribution in [3.05, 3.63) is 0 Å². The molecule has 0 rings (SSSR count). The van der Waals surface area contributed by atoms with Gasteiger partial charge in [-0.1, -0.05) is 13.3 Å². The van der Waals surface area contributed by atoms with Gasteiger partial charge in [0.2, 0.25) is 0 Å². The molecule has 0 fully saturated rings. The highest BCUT2D eigenvalue weighted by atomic mass is 16.5. The van der Waals surface area contributed by atoms with E-state index in [4.69, 9.17) is 4.74 Å². The van der Waals surface area contributed by atoms with E-state index in [1.165, 1.54) is 6.42 Å². The molecule has 0 unspecified atom stereocenters. The predicted molar refractivity (Wildman–Crippen MR) is 70.0 cm³/mol. The fraction of sp³-hybridized carbons (Fsp3) is 0.917. The van der Waals surface area contributed by atoms with Gasteiger partial charge in [0.05, 0.1) is 0 Å². The third kappa shape index (κ3) is 9.77. The van der Waals surface area contributed by atoms with Crippen molar-refractivity contribution in [3.8, 4) is 0 Å². The number of guanidine groups is 1. The summed E-state index contributed by atoms with van der Waals surface area (Å²) in [6, 6.07) is 0.409. The maximum Gasteiger partial charge on any atom is 0.191 e. The molecule has 0 spiro atoms. The van der Waals surface area contributed by atoms with Gasteiger partial charge in [-0.2, -0.15) is 0 Å². The Morgan fingerprint density at radius 1 is 1.25 bits per heavy atom. The Balaban J connectivity index is 3.35. The first-order valence-corrected chi connectivity index (χ1v) is 6.25. The van der Waals surface area contributed by atoms with E-state index >= 15 is 0 Å². The second-order valence-corrected chi connectivity index (χ2v) is 4.12. The second kappa shape index (κ2) is 10.7. The SMILES string of the molecule is CCCCOCCCNC(=NC)NC(C)C. The number of rotatable bonds is 8. The largest absolute Gasteiger partial charge is 0.381 e. The van der Waals surface area contributed by atoms with Crippen molar-refractivity contribution in [2.45, 2.75) is 46.1 Å². The summed E-state index contributed by atoms with van der Waals surface area (Å²) in [5, 5.41) is 6.49. The van der Waals surface area contributed by atoms with E-state index in [0.29, 0.717) is 6.04 Å². The first-order chi connectivity index (χ1) is 7.70. The van der Waals surface area contributed by atoms with Crippen molar-refractivity contribution in [1.29, 1.82) is 0 Å². The Morgan fingerprint density at radius 2 is 1.94 bits per heavy atom. The van der Waals surface area contributed by atoms with Crippen LogP contribution in [0.3, 0.4) is 0 Å². The van der Waals surface area contributed by atoms with E-state index in [1.54, 1.807) is 7.05 Å². The average molecular weight is 229 g/mol. The Bertz CT molecular complexity index is 181. The van der Waals surface area contributed by atoms with Gasteiger partial charge in [0.15, 0.2) is 5.96 Å². The van der Waals surface area contributed by atoms with Gasteiger partial charge in [-0.15, -0.1) is 0 Å². The number of hydrogen-bond donors (Lipinski definition) is 2. The highest BCUT2D eigenvalue weighted by Gasteiger charge is 1.98. The van der Waals surface area contributed by atoms with Crippen LogP contribution in [0.2, 0.25) is 0 Å². The molecule has 0 radical (unpaired) electrons. The second-order valence-electron chi connectivity index (χ2n) is 4.12. The Morgan fingerprint density at radius 3 is 2.50 bits per heavy atom. The number of nitrogens with one attached hydrogen (secondary N) is 2. The monoisotopic (exact) mass is 229 g/mol. The number of hydrogen-bond acceptors (Lipinski definition) is 2. The summed E-state index contributed by atoms with van der Waals surface area (Å²) in [6.45, 7) is 8.98. The van der Waals surface area contributed by atoms with Crippen molar-refractivity contribution in [2.24, 2.45) is 4.99 Å². The van der Waals surface area contributed by atoms with Crippen LogP contribution in [0.25, 0.3) is 0 Å². The van der Waals surface area contributed by atoms with Crippen LogP contribution < -0.4 is 10.6 Å². The molecule has 0 aliphatic carbocycles. The van der Waals surface area contributed by atoms with E-state index in [2.05, 4.69) is 36.4 Å². The van der Waals surface area contributed by atoms with Gasteiger partial charge in [0.1, 0.15) is 0 Å². The quantitative estimate of drug-likeness (QED) is 0.379. The van der Waals surface area contributed by atoms with Crippen molar-refractivity contribution in [1.82, 2.24) is 10.6 Å². The lowest BCUT2D eigenvalue weighted by atomic mass is 10.3. The fourth-order valence-corrected chi connectivity index (χ4v) is 1.20. The van der Waals surface area contributed by atoms with Crippen LogP contribution in [0.15, 0.2) is 4.99 Å². The molecule has 4 nitrogen and oxygen atoms in total. The van der Waals surface area contributed by atoms with Crippen LogP contribution in [0.5, 0.6) is 0 Å². The van der Waals surface area contributed by atoms with Crippen LogP contribution >= 0.6 is 0 Å². The van der Waals surface area contributed by atoms with Crippen molar-refractivity contribution >= 4 is 5.96 Å². The molecule has 0 bridgehead atoms. The molecule has 0 saturated carbocycles. The van der Waals surface area contributed by atoms with Crippen LogP contribution in [-0.2, 0) is 4.74 Å². The molecule has 0 heterocycles. The summed E-state index contributed by atoms with van der Waals surface area (Å²) >= 11 is 0. The summed E-state index contributed by atoms with van der Waals surface area (Å²) in [4.78, 5) is 4.13. The first-order valence-electron chi connectivity index (χ1n) is 6.25. The number of nitrogens with zero attached hydrogens (tertiary/aromatic N) is 1. The number of aliphatic imine (C=N–C) groups is 1. The zero-order chi connectivity index (χ0) is 12.2. The molecule has 0 aromatic carbocycles. The molecule has 0 atom stereocenters. The van der Waals surface area contributed by atoms with Crippen LogP contribution in [0, 0.1) is 0 Å². The molecular formula is C12H27N3O. The zero-order valence-electron chi connectivity index (χ0n) is 11.2. The molecule has 0 aromatic heterocycles. The fourth-order valence-electron chi connectivity index (χ4n) is 1.20. The summed E-state index contributed by atoms with van der Waals surface area (Å²) in [5.74, 6) is 0.864. The molecule has 0 aliphatic heterocycles. The lowest BCUT2D eigenvalue weighted by molar-refractivity contribution is 0.129. The van der Waals surface area contributed by atoms with E-state index in [0.717, 1.165) is 38.6 Å². The third-order valence-electron chi connectivity index (χ3n) is 2.05. The zero-order valence-corrected chi connectivity index (χ0v) is 11.2. The number of ether oxygens (including phenoxy) is 1. The molecule has 4 heteroatoms. The maximum absolute atomic E-state index is 5.47. The van der Waals surface area contributed by atoms with Crippen LogP contribution in [0.1, 0.15) is 40.0 Å². The Hall–Kier alpha value is -0.770. The third-order valence-corrected chi connectivity index (χ3v) is 2.05. The minimum Gasteiger partial charge on any atom is -0.381 e. The van der Waals surface area contributed by atoms with Gasteiger partial charge < -0.3 is 15.4 Å². The van der Waals surface area contributed by atoms with Crippen molar-refractivity contribution in [2.75, 3.05) is 26.8 Å².